The molecule has 0 saturated carbocycles. The minimum absolute atomic E-state index is 0.0485. The van der Waals surface area contributed by atoms with Gasteiger partial charge in [0.25, 0.3) is 0 Å². The van der Waals surface area contributed by atoms with E-state index in [1.165, 1.54) is 0 Å². The Labute approximate surface area is 117 Å². The number of nitrogens with one attached hydrogen (secondary N) is 1. The molecule has 0 bridgehead atoms. The van der Waals surface area contributed by atoms with Gasteiger partial charge >= 0.3 is 0 Å². The van der Waals surface area contributed by atoms with Crippen LogP contribution < -0.4 is 14.8 Å². The average Bonchev–Trinajstić information content (AvgIpc) is 2.49. The second-order valence-electron chi connectivity index (χ2n) is 4.18. The van der Waals surface area contributed by atoms with E-state index in [1.807, 2.05) is 6.92 Å². The van der Waals surface area contributed by atoms with E-state index in [1.54, 1.807) is 38.6 Å². The van der Waals surface area contributed by atoms with Gasteiger partial charge in [-0.1, -0.05) is 6.07 Å². The van der Waals surface area contributed by atoms with Crippen LogP contribution in [0.4, 0.5) is 5.95 Å². The van der Waals surface area contributed by atoms with Crippen molar-refractivity contribution in [2.75, 3.05) is 19.5 Å². The molecule has 6 heteroatoms. The summed E-state index contributed by atoms with van der Waals surface area (Å²) in [6.45, 7) is 1.82. The highest BCUT2D eigenvalue weighted by molar-refractivity contribution is 5.45. The van der Waals surface area contributed by atoms with E-state index in [2.05, 4.69) is 15.3 Å². The van der Waals surface area contributed by atoms with E-state index in [0.29, 0.717) is 23.3 Å². The Morgan fingerprint density at radius 3 is 2.75 bits per heavy atom. The molecule has 0 unspecified atom stereocenters. The minimum atomic E-state index is -0.0485. The normalized spacial score (nSPS) is 10.2. The number of benzene rings is 1. The first-order valence-electron chi connectivity index (χ1n) is 6.15. The number of anilines is 1. The van der Waals surface area contributed by atoms with Gasteiger partial charge < -0.3 is 19.9 Å². The number of nitrogens with zero attached hydrogens (tertiary/aromatic N) is 2. The van der Waals surface area contributed by atoms with Crippen molar-refractivity contribution < 1.29 is 14.6 Å². The largest absolute Gasteiger partial charge is 0.493 e. The number of methoxy groups -OCH3 is 1. The first-order valence-corrected chi connectivity index (χ1v) is 6.15. The molecule has 2 aromatic rings. The fourth-order valence-corrected chi connectivity index (χ4v) is 1.65. The molecule has 0 aliphatic carbocycles. The Balaban J connectivity index is 2.34. The smallest absolute Gasteiger partial charge is 0.227 e. The molecular formula is C14H17N3O3. The lowest BCUT2D eigenvalue weighted by Gasteiger charge is -2.12. The molecule has 0 aliphatic rings. The Kier molecular flexibility index (Phi) is 4.37. The zero-order valence-corrected chi connectivity index (χ0v) is 11.7. The van der Waals surface area contributed by atoms with Gasteiger partial charge in [0, 0.05) is 18.8 Å². The molecule has 6 nitrogen and oxygen atoms in total. The minimum Gasteiger partial charge on any atom is -0.493 e. The molecule has 1 heterocycles. The third-order valence-corrected chi connectivity index (χ3v) is 2.77. The molecule has 2 rings (SSSR count). The van der Waals surface area contributed by atoms with Gasteiger partial charge in [0.15, 0.2) is 11.5 Å². The highest BCUT2D eigenvalue weighted by Gasteiger charge is 2.10. The number of aliphatic hydroxyl groups excluding tert-OH is 1. The van der Waals surface area contributed by atoms with Gasteiger partial charge in [-0.2, -0.15) is 4.98 Å². The summed E-state index contributed by atoms with van der Waals surface area (Å²) in [6.07, 6.45) is 1.68. The van der Waals surface area contributed by atoms with Crippen LogP contribution in [0.15, 0.2) is 24.4 Å². The van der Waals surface area contributed by atoms with Gasteiger partial charge in [-0.25, -0.2) is 4.98 Å². The van der Waals surface area contributed by atoms with Crippen molar-refractivity contribution in [1.29, 1.82) is 0 Å². The molecule has 0 aliphatic heterocycles. The second kappa shape index (κ2) is 6.21. The summed E-state index contributed by atoms with van der Waals surface area (Å²) in [7, 11) is 3.29. The fraction of sp³-hybridized carbons (Fsp3) is 0.286. The number of aromatic nitrogens is 2. The third kappa shape index (κ3) is 2.97. The summed E-state index contributed by atoms with van der Waals surface area (Å²) < 4.78 is 11.0. The number of hydrogen-bond acceptors (Lipinski definition) is 6. The molecule has 1 aromatic heterocycles. The molecule has 0 atom stereocenters. The molecule has 106 valence electrons. The zero-order valence-electron chi connectivity index (χ0n) is 11.7. The van der Waals surface area contributed by atoms with Crippen molar-refractivity contribution >= 4 is 5.95 Å². The van der Waals surface area contributed by atoms with Gasteiger partial charge in [0.05, 0.1) is 13.7 Å². The molecule has 2 N–H and O–H groups in total. The number of aliphatic hydroxyl groups is 1. The van der Waals surface area contributed by atoms with Crippen LogP contribution in [0.25, 0.3) is 0 Å². The van der Waals surface area contributed by atoms with Crippen molar-refractivity contribution in [3.05, 3.63) is 35.5 Å². The highest BCUT2D eigenvalue weighted by atomic mass is 16.5. The summed E-state index contributed by atoms with van der Waals surface area (Å²) in [5, 5.41) is 12.0. The number of hydrogen-bond donors (Lipinski definition) is 2. The van der Waals surface area contributed by atoms with Crippen LogP contribution >= 0.6 is 0 Å². The van der Waals surface area contributed by atoms with Gasteiger partial charge in [0.2, 0.25) is 11.8 Å². The molecule has 0 amide bonds. The summed E-state index contributed by atoms with van der Waals surface area (Å²) in [4.78, 5) is 8.36. The highest BCUT2D eigenvalue weighted by Crippen LogP contribution is 2.32. The maximum absolute atomic E-state index is 9.13. The quantitative estimate of drug-likeness (QED) is 0.870. The summed E-state index contributed by atoms with van der Waals surface area (Å²) in [5.41, 5.74) is 1.57. The lowest BCUT2D eigenvalue weighted by Crippen LogP contribution is -2.00. The number of aryl methyl sites for hydroxylation is 1. The van der Waals surface area contributed by atoms with Gasteiger partial charge in [-0.15, -0.1) is 0 Å². The van der Waals surface area contributed by atoms with Crippen LogP contribution in [0.5, 0.6) is 17.4 Å². The van der Waals surface area contributed by atoms with Crippen molar-refractivity contribution in [2.45, 2.75) is 13.5 Å². The van der Waals surface area contributed by atoms with E-state index < -0.39 is 0 Å². The molecule has 0 fully saturated rings. The van der Waals surface area contributed by atoms with Crippen LogP contribution in [0.2, 0.25) is 0 Å². The maximum atomic E-state index is 9.13. The Hall–Kier alpha value is -2.34. The zero-order chi connectivity index (χ0) is 14.5. The summed E-state index contributed by atoms with van der Waals surface area (Å²) in [6, 6.07) is 5.24. The molecule has 20 heavy (non-hydrogen) atoms. The van der Waals surface area contributed by atoms with Crippen molar-refractivity contribution in [3.63, 3.8) is 0 Å². The van der Waals surface area contributed by atoms with Crippen molar-refractivity contribution in [2.24, 2.45) is 0 Å². The molecule has 0 saturated heterocycles. The van der Waals surface area contributed by atoms with E-state index in [9.17, 15) is 0 Å². The van der Waals surface area contributed by atoms with E-state index in [-0.39, 0.29) is 6.61 Å². The fourth-order valence-electron chi connectivity index (χ4n) is 1.65. The van der Waals surface area contributed by atoms with Gasteiger partial charge in [0.1, 0.15) is 0 Å². The van der Waals surface area contributed by atoms with E-state index in [0.717, 1.165) is 11.1 Å². The lowest BCUT2D eigenvalue weighted by atomic mass is 10.2. The number of ether oxygens (including phenoxy) is 2. The first-order chi connectivity index (χ1) is 9.67. The standard InChI is InChI=1S/C14H17N3O3/c1-9-7-16-14(15-2)17-13(9)20-11-5-4-10(8-18)6-12(11)19-3/h4-7,18H,8H2,1-3H3,(H,15,16,17). The molecule has 1 aromatic carbocycles. The van der Waals surface area contributed by atoms with Crippen LogP contribution in [0, 0.1) is 6.92 Å². The Bertz CT molecular complexity index is 602. The van der Waals surface area contributed by atoms with Gasteiger partial charge in [-0.05, 0) is 24.6 Å². The van der Waals surface area contributed by atoms with Crippen molar-refractivity contribution in [1.82, 2.24) is 9.97 Å². The monoisotopic (exact) mass is 275 g/mol. The second-order valence-corrected chi connectivity index (χ2v) is 4.18. The maximum Gasteiger partial charge on any atom is 0.227 e. The third-order valence-electron chi connectivity index (χ3n) is 2.77. The van der Waals surface area contributed by atoms with E-state index in [4.69, 9.17) is 14.6 Å². The van der Waals surface area contributed by atoms with Crippen LogP contribution in [0.1, 0.15) is 11.1 Å². The van der Waals surface area contributed by atoms with Crippen molar-refractivity contribution in [3.8, 4) is 17.4 Å². The van der Waals surface area contributed by atoms with Crippen LogP contribution in [-0.4, -0.2) is 29.2 Å². The topological polar surface area (TPSA) is 76.5 Å². The Morgan fingerprint density at radius 1 is 1.30 bits per heavy atom. The van der Waals surface area contributed by atoms with Gasteiger partial charge in [-0.3, -0.25) is 0 Å². The first kappa shape index (κ1) is 14.1. The SMILES string of the molecule is CNc1ncc(C)c(Oc2ccc(CO)cc2OC)n1. The average molecular weight is 275 g/mol. The van der Waals surface area contributed by atoms with E-state index >= 15 is 0 Å². The lowest BCUT2D eigenvalue weighted by molar-refractivity contribution is 0.280. The van der Waals surface area contributed by atoms with Crippen LogP contribution in [0.3, 0.4) is 0 Å². The molecular weight excluding hydrogens is 258 g/mol. The predicted octanol–water partition coefficient (Wildman–Crippen LogP) is 2.12. The summed E-state index contributed by atoms with van der Waals surface area (Å²) in [5.74, 6) is 2.02. The summed E-state index contributed by atoms with van der Waals surface area (Å²) >= 11 is 0. The molecule has 0 spiro atoms. The molecule has 0 radical (unpaired) electrons. The Morgan fingerprint density at radius 2 is 2.10 bits per heavy atom. The number of rotatable bonds is 5. The predicted molar refractivity (Wildman–Crippen MR) is 75.3 cm³/mol. The van der Waals surface area contributed by atoms with Crippen LogP contribution in [-0.2, 0) is 6.61 Å².